The standard InChI is InChI=1S/C19H16FN5O2S/c1-26-16-8-4-7-15(17(16)27-2)19-21-14(11-28-19)10-25-23-18(22-24-25)12-5-3-6-13(20)9-12/h3-9,11H,10H2,1-2H3. The Morgan fingerprint density at radius 2 is 1.96 bits per heavy atom. The summed E-state index contributed by atoms with van der Waals surface area (Å²) >= 11 is 1.49. The molecule has 4 aromatic rings. The second-order valence-corrected chi connectivity index (χ2v) is 6.70. The van der Waals surface area contributed by atoms with Crippen LogP contribution >= 0.6 is 11.3 Å². The van der Waals surface area contributed by atoms with Gasteiger partial charge in [-0.3, -0.25) is 0 Å². The van der Waals surface area contributed by atoms with Gasteiger partial charge in [-0.2, -0.15) is 4.80 Å². The molecule has 0 spiro atoms. The number of thiazole rings is 1. The monoisotopic (exact) mass is 397 g/mol. The summed E-state index contributed by atoms with van der Waals surface area (Å²) < 4.78 is 24.2. The number of tetrazole rings is 1. The highest BCUT2D eigenvalue weighted by Gasteiger charge is 2.15. The molecular weight excluding hydrogens is 381 g/mol. The summed E-state index contributed by atoms with van der Waals surface area (Å²) in [5.41, 5.74) is 2.21. The lowest BCUT2D eigenvalue weighted by Crippen LogP contribution is -2.04. The van der Waals surface area contributed by atoms with Crippen LogP contribution in [0.1, 0.15) is 5.69 Å². The van der Waals surface area contributed by atoms with E-state index in [1.807, 2.05) is 23.6 Å². The van der Waals surface area contributed by atoms with Gasteiger partial charge in [-0.1, -0.05) is 18.2 Å². The van der Waals surface area contributed by atoms with Gasteiger partial charge in [-0.25, -0.2) is 9.37 Å². The highest BCUT2D eigenvalue weighted by Crippen LogP contribution is 2.39. The fraction of sp³-hybridized carbons (Fsp3) is 0.158. The number of ether oxygens (including phenoxy) is 2. The van der Waals surface area contributed by atoms with Crippen molar-refractivity contribution in [1.82, 2.24) is 25.2 Å². The van der Waals surface area contributed by atoms with Crippen LogP contribution in [-0.4, -0.2) is 39.4 Å². The number of hydrogen-bond acceptors (Lipinski definition) is 7. The van der Waals surface area contributed by atoms with Crippen molar-refractivity contribution >= 4 is 11.3 Å². The summed E-state index contributed by atoms with van der Waals surface area (Å²) in [6.07, 6.45) is 0. The molecule has 0 fully saturated rings. The zero-order valence-electron chi connectivity index (χ0n) is 15.2. The predicted octanol–water partition coefficient (Wildman–Crippen LogP) is 3.67. The van der Waals surface area contributed by atoms with Crippen LogP contribution in [0, 0.1) is 5.82 Å². The minimum absolute atomic E-state index is 0.342. The molecule has 0 aliphatic rings. The van der Waals surface area contributed by atoms with Crippen LogP contribution in [-0.2, 0) is 6.54 Å². The molecule has 9 heteroatoms. The average molecular weight is 397 g/mol. The molecule has 0 saturated heterocycles. The van der Waals surface area contributed by atoms with E-state index in [9.17, 15) is 4.39 Å². The van der Waals surface area contributed by atoms with Crippen molar-refractivity contribution in [3.63, 3.8) is 0 Å². The lowest BCUT2D eigenvalue weighted by molar-refractivity contribution is 0.356. The smallest absolute Gasteiger partial charge is 0.205 e. The van der Waals surface area contributed by atoms with Gasteiger partial charge in [0, 0.05) is 10.9 Å². The summed E-state index contributed by atoms with van der Waals surface area (Å²) in [6, 6.07) is 11.8. The van der Waals surface area contributed by atoms with Crippen molar-refractivity contribution in [2.24, 2.45) is 0 Å². The first-order chi connectivity index (χ1) is 13.7. The van der Waals surface area contributed by atoms with Crippen LogP contribution in [0.3, 0.4) is 0 Å². The van der Waals surface area contributed by atoms with Gasteiger partial charge in [0.05, 0.1) is 25.5 Å². The highest BCUT2D eigenvalue weighted by molar-refractivity contribution is 7.13. The van der Waals surface area contributed by atoms with E-state index in [-0.39, 0.29) is 5.82 Å². The molecule has 0 unspecified atom stereocenters. The Balaban J connectivity index is 1.57. The van der Waals surface area contributed by atoms with Crippen molar-refractivity contribution in [3.05, 3.63) is 59.4 Å². The van der Waals surface area contributed by atoms with E-state index in [0.717, 1.165) is 16.3 Å². The van der Waals surface area contributed by atoms with E-state index in [2.05, 4.69) is 20.4 Å². The number of nitrogens with zero attached hydrogens (tertiary/aromatic N) is 5. The van der Waals surface area contributed by atoms with Gasteiger partial charge in [0.25, 0.3) is 0 Å². The van der Waals surface area contributed by atoms with Gasteiger partial charge < -0.3 is 9.47 Å². The molecule has 28 heavy (non-hydrogen) atoms. The van der Waals surface area contributed by atoms with Crippen LogP contribution in [0.5, 0.6) is 11.5 Å². The van der Waals surface area contributed by atoms with Crippen molar-refractivity contribution in [2.75, 3.05) is 14.2 Å². The van der Waals surface area contributed by atoms with Gasteiger partial charge in [-0.15, -0.1) is 21.5 Å². The van der Waals surface area contributed by atoms with E-state index in [0.29, 0.717) is 29.4 Å². The third-order valence-corrected chi connectivity index (χ3v) is 4.95. The van der Waals surface area contributed by atoms with Crippen LogP contribution in [0.2, 0.25) is 0 Å². The molecule has 7 nitrogen and oxygen atoms in total. The molecule has 0 aliphatic carbocycles. The van der Waals surface area contributed by atoms with E-state index in [1.165, 1.54) is 28.3 Å². The fourth-order valence-electron chi connectivity index (χ4n) is 2.76. The first-order valence-electron chi connectivity index (χ1n) is 8.37. The Kier molecular flexibility index (Phi) is 4.98. The lowest BCUT2D eigenvalue weighted by Gasteiger charge is -2.10. The number of rotatable bonds is 6. The summed E-state index contributed by atoms with van der Waals surface area (Å²) in [5.74, 6) is 1.31. The lowest BCUT2D eigenvalue weighted by atomic mass is 10.2. The first kappa shape index (κ1) is 18.1. The molecule has 2 aromatic heterocycles. The maximum absolute atomic E-state index is 13.4. The Bertz CT molecular complexity index is 1110. The molecular formula is C19H16FN5O2S. The number of methoxy groups -OCH3 is 2. The number of halogens is 1. The zero-order valence-corrected chi connectivity index (χ0v) is 16.0. The Hall–Kier alpha value is -3.33. The second kappa shape index (κ2) is 7.73. The van der Waals surface area contributed by atoms with Gasteiger partial charge in [0.2, 0.25) is 5.82 Å². The quantitative estimate of drug-likeness (QED) is 0.494. The molecule has 0 amide bonds. The Labute approximate surface area is 164 Å². The third kappa shape index (κ3) is 3.56. The fourth-order valence-corrected chi connectivity index (χ4v) is 3.59. The van der Waals surface area contributed by atoms with Crippen molar-refractivity contribution in [1.29, 1.82) is 0 Å². The molecule has 0 aliphatic heterocycles. The van der Waals surface area contributed by atoms with E-state index < -0.39 is 0 Å². The normalized spacial score (nSPS) is 10.8. The van der Waals surface area contributed by atoms with Gasteiger partial charge in [-0.05, 0) is 29.5 Å². The van der Waals surface area contributed by atoms with Gasteiger partial charge >= 0.3 is 0 Å². The van der Waals surface area contributed by atoms with Crippen molar-refractivity contribution < 1.29 is 13.9 Å². The third-order valence-electron chi connectivity index (χ3n) is 4.02. The molecule has 0 N–H and O–H groups in total. The average Bonchev–Trinajstić information content (AvgIpc) is 3.37. The van der Waals surface area contributed by atoms with Crippen molar-refractivity contribution in [3.8, 4) is 33.5 Å². The first-order valence-corrected chi connectivity index (χ1v) is 9.25. The maximum Gasteiger partial charge on any atom is 0.205 e. The molecule has 142 valence electrons. The number of para-hydroxylation sites is 1. The molecule has 4 rings (SSSR count). The van der Waals surface area contributed by atoms with E-state index in [1.54, 1.807) is 26.4 Å². The predicted molar refractivity (Wildman–Crippen MR) is 103 cm³/mol. The molecule has 0 radical (unpaired) electrons. The van der Waals surface area contributed by atoms with Crippen LogP contribution in [0.15, 0.2) is 47.8 Å². The molecule has 0 bridgehead atoms. The molecule has 2 heterocycles. The largest absolute Gasteiger partial charge is 0.493 e. The van der Waals surface area contributed by atoms with E-state index in [4.69, 9.17) is 9.47 Å². The minimum Gasteiger partial charge on any atom is -0.493 e. The minimum atomic E-state index is -0.342. The number of hydrogen-bond donors (Lipinski definition) is 0. The molecule has 0 saturated carbocycles. The van der Waals surface area contributed by atoms with Crippen molar-refractivity contribution in [2.45, 2.75) is 6.54 Å². The van der Waals surface area contributed by atoms with Crippen LogP contribution in [0.4, 0.5) is 4.39 Å². The van der Waals surface area contributed by atoms with Crippen LogP contribution in [0.25, 0.3) is 22.0 Å². The number of aromatic nitrogens is 5. The highest BCUT2D eigenvalue weighted by atomic mass is 32.1. The van der Waals surface area contributed by atoms with Gasteiger partial charge in [0.15, 0.2) is 11.5 Å². The SMILES string of the molecule is COc1cccc(-c2nc(Cn3nnc(-c4cccc(F)c4)n3)cs2)c1OC. The molecule has 0 atom stereocenters. The topological polar surface area (TPSA) is 75.0 Å². The van der Waals surface area contributed by atoms with E-state index >= 15 is 0 Å². The van der Waals surface area contributed by atoms with Gasteiger partial charge in [0.1, 0.15) is 17.4 Å². The summed E-state index contributed by atoms with van der Waals surface area (Å²) in [7, 11) is 3.20. The molecule has 2 aromatic carbocycles. The van der Waals surface area contributed by atoms with Crippen LogP contribution < -0.4 is 9.47 Å². The summed E-state index contributed by atoms with van der Waals surface area (Å²) in [6.45, 7) is 0.352. The zero-order chi connectivity index (χ0) is 19.5. The summed E-state index contributed by atoms with van der Waals surface area (Å²) in [5, 5.41) is 15.1. The maximum atomic E-state index is 13.4. The number of benzene rings is 2. The Morgan fingerprint density at radius 3 is 2.75 bits per heavy atom. The Morgan fingerprint density at radius 1 is 1.11 bits per heavy atom. The second-order valence-electron chi connectivity index (χ2n) is 5.84. The summed E-state index contributed by atoms with van der Waals surface area (Å²) in [4.78, 5) is 6.08.